The van der Waals surface area contributed by atoms with Crippen molar-refractivity contribution in [2.75, 3.05) is 0 Å². The molecule has 0 spiro atoms. The molecule has 0 saturated carbocycles. The first kappa shape index (κ1) is 81.0. The molecule has 0 amide bonds. The van der Waals surface area contributed by atoms with Crippen molar-refractivity contribution in [3.05, 3.63) is 0 Å². The summed E-state index contributed by atoms with van der Waals surface area (Å²) in [5, 5.41) is 0. The van der Waals surface area contributed by atoms with Gasteiger partial charge in [0.2, 0.25) is 0 Å². The van der Waals surface area contributed by atoms with Gasteiger partial charge in [0.25, 0.3) is 0 Å². The van der Waals surface area contributed by atoms with Crippen molar-refractivity contribution >= 4 is 34.7 Å². The standard InChI is InChI=1S/2Al.7Ti.6H. The Bertz CT molecular complexity index is 6.88. The van der Waals surface area contributed by atoms with Crippen LogP contribution in [-0.4, -0.2) is 34.7 Å². The molecule has 0 fully saturated rings. The second kappa shape index (κ2) is 65.3. The van der Waals surface area contributed by atoms with Gasteiger partial charge in [-0.15, -0.1) is 0 Å². The number of hydrogen-bond donors (Lipinski definition) is 0. The molecule has 0 aliphatic rings. The maximum atomic E-state index is 0. The second-order valence-corrected chi connectivity index (χ2v) is 0. The average Bonchev–Trinajstić information content (AvgIpc) is 0. The van der Waals surface area contributed by atoms with Crippen LogP contribution < -0.4 is 0 Å². The zero-order valence-corrected chi connectivity index (χ0v) is 14.4. The summed E-state index contributed by atoms with van der Waals surface area (Å²) in [7, 11) is 0. The van der Waals surface area contributed by atoms with Gasteiger partial charge in [0.1, 0.15) is 0 Å². The predicted molar refractivity (Wildman–Crippen MR) is 19.9 cm³/mol. The number of rotatable bonds is 0. The third-order valence-electron chi connectivity index (χ3n) is 0. The van der Waals surface area contributed by atoms with E-state index in [-0.39, 0.29) is 187 Å². The van der Waals surface area contributed by atoms with Crippen LogP contribution in [0.15, 0.2) is 0 Å². The van der Waals surface area contributed by atoms with Crippen LogP contribution in [0, 0.1) is 0 Å². The summed E-state index contributed by atoms with van der Waals surface area (Å²) in [5.74, 6) is 0. The Labute approximate surface area is 182 Å². The van der Waals surface area contributed by atoms with E-state index < -0.39 is 0 Å². The fourth-order valence-electron chi connectivity index (χ4n) is 0. The summed E-state index contributed by atoms with van der Waals surface area (Å²) in [4.78, 5) is 0. The van der Waals surface area contributed by atoms with Crippen LogP contribution in [0.3, 0.4) is 0 Å². The Morgan fingerprint density at radius 1 is 0.222 bits per heavy atom. The Hall–Kier alpha value is 6.06. The molecule has 0 aliphatic carbocycles. The van der Waals surface area contributed by atoms with E-state index in [1.54, 1.807) is 0 Å². The molecule has 0 aromatic rings. The quantitative estimate of drug-likeness (QED) is 0.402. The topological polar surface area (TPSA) is 0 Å². The minimum Gasteiger partial charge on any atom is 0 e. The van der Waals surface area contributed by atoms with E-state index in [9.17, 15) is 0 Å². The molecule has 0 bridgehead atoms. The summed E-state index contributed by atoms with van der Waals surface area (Å²) in [6.07, 6.45) is 0. The summed E-state index contributed by atoms with van der Waals surface area (Å²) in [6, 6.07) is 0. The molecule has 0 radical (unpaired) electrons. The van der Waals surface area contributed by atoms with Crippen molar-refractivity contribution in [3.8, 4) is 0 Å². The van der Waals surface area contributed by atoms with Crippen molar-refractivity contribution < 1.29 is 152 Å². The van der Waals surface area contributed by atoms with Gasteiger partial charge in [-0.25, -0.2) is 0 Å². The third kappa shape index (κ3) is 55.7. The predicted octanol–water partition coefficient (Wildman–Crippen LogP) is -2.39. The molecule has 0 aromatic carbocycles. The van der Waals surface area contributed by atoms with Crippen molar-refractivity contribution in [3.63, 3.8) is 0 Å². The van der Waals surface area contributed by atoms with Gasteiger partial charge in [-0.1, -0.05) is 0 Å². The average molecular weight is 395 g/mol. The van der Waals surface area contributed by atoms with E-state index in [0.29, 0.717) is 0 Å². The van der Waals surface area contributed by atoms with Gasteiger partial charge in [0.15, 0.2) is 34.7 Å². The molecule has 0 heterocycles. The van der Waals surface area contributed by atoms with Crippen LogP contribution in [0.1, 0.15) is 0 Å². The van der Waals surface area contributed by atoms with Gasteiger partial charge in [-0.2, -0.15) is 0 Å². The SMILES string of the molecule is [AlH3].[AlH3].[Ti].[Ti].[Ti].[Ti].[Ti].[Ti].[Ti]. The zero-order valence-electron chi connectivity index (χ0n) is 3.50. The van der Waals surface area contributed by atoms with Crippen molar-refractivity contribution in [2.45, 2.75) is 0 Å². The van der Waals surface area contributed by atoms with Crippen LogP contribution in [0.5, 0.6) is 0 Å². The maximum Gasteiger partial charge on any atom is 0.187 e. The largest absolute Gasteiger partial charge is 0.187 e. The Morgan fingerprint density at radius 2 is 0.222 bits per heavy atom. The summed E-state index contributed by atoms with van der Waals surface area (Å²) >= 11 is 0. The third-order valence-corrected chi connectivity index (χ3v) is 0. The Balaban J connectivity index is 0. The molecule has 40 valence electrons. The molecule has 0 aromatic heterocycles. The van der Waals surface area contributed by atoms with Crippen molar-refractivity contribution in [1.29, 1.82) is 0 Å². The van der Waals surface area contributed by atoms with E-state index in [2.05, 4.69) is 0 Å². The van der Waals surface area contributed by atoms with Crippen LogP contribution in [0.4, 0.5) is 0 Å². The minimum absolute atomic E-state index is 0. The Morgan fingerprint density at radius 3 is 0.222 bits per heavy atom. The number of hydrogen-bond acceptors (Lipinski definition) is 0. The molecular formula is H6Al2Ti7. The molecule has 9 heavy (non-hydrogen) atoms. The first-order chi connectivity index (χ1) is 0. The summed E-state index contributed by atoms with van der Waals surface area (Å²) < 4.78 is 0. The van der Waals surface area contributed by atoms with Crippen LogP contribution in [-0.2, 0) is 152 Å². The fourth-order valence-corrected chi connectivity index (χ4v) is 0. The van der Waals surface area contributed by atoms with E-state index in [1.165, 1.54) is 0 Å². The van der Waals surface area contributed by atoms with Gasteiger partial charge in [0.05, 0.1) is 0 Å². The molecule has 0 nitrogen and oxygen atoms in total. The van der Waals surface area contributed by atoms with E-state index in [1.807, 2.05) is 0 Å². The molecule has 0 saturated heterocycles. The summed E-state index contributed by atoms with van der Waals surface area (Å²) in [6.45, 7) is 0. The summed E-state index contributed by atoms with van der Waals surface area (Å²) in [5.41, 5.74) is 0. The molecule has 0 rings (SSSR count). The van der Waals surface area contributed by atoms with Crippen molar-refractivity contribution in [2.24, 2.45) is 0 Å². The molecular weight excluding hydrogens is 389 g/mol. The minimum atomic E-state index is 0. The molecule has 0 atom stereocenters. The Kier molecular flexibility index (Phi) is 588. The van der Waals surface area contributed by atoms with E-state index in [0.717, 1.165) is 0 Å². The van der Waals surface area contributed by atoms with Gasteiger partial charge in [-0.05, 0) is 0 Å². The first-order valence-electron chi connectivity index (χ1n) is 0. The van der Waals surface area contributed by atoms with Crippen LogP contribution >= 0.6 is 0 Å². The molecule has 0 aliphatic heterocycles. The second-order valence-electron chi connectivity index (χ2n) is 0. The van der Waals surface area contributed by atoms with E-state index in [4.69, 9.17) is 0 Å². The van der Waals surface area contributed by atoms with Crippen LogP contribution in [0.25, 0.3) is 0 Å². The van der Waals surface area contributed by atoms with Gasteiger partial charge in [-0.3, -0.25) is 0 Å². The monoisotopic (exact) mass is 396 g/mol. The smallest absolute Gasteiger partial charge is 0 e. The van der Waals surface area contributed by atoms with Gasteiger partial charge < -0.3 is 0 Å². The fraction of sp³-hybridized carbons (Fsp3) is 0. The zero-order chi connectivity index (χ0) is 0. The molecule has 9 heteroatoms. The normalized spacial score (nSPS) is 0. The van der Waals surface area contributed by atoms with E-state index >= 15 is 0 Å². The van der Waals surface area contributed by atoms with Gasteiger partial charge >= 0.3 is 0 Å². The van der Waals surface area contributed by atoms with Crippen LogP contribution in [0.2, 0.25) is 0 Å². The molecule has 0 unspecified atom stereocenters. The molecule has 0 N–H and O–H groups in total. The van der Waals surface area contributed by atoms with Crippen molar-refractivity contribution in [1.82, 2.24) is 0 Å². The maximum absolute atomic E-state index is 0. The first-order valence-corrected chi connectivity index (χ1v) is 0. The van der Waals surface area contributed by atoms with Gasteiger partial charge in [0, 0.05) is 152 Å².